The molecule has 2 saturated heterocycles. The lowest BCUT2D eigenvalue weighted by Crippen LogP contribution is -2.38. The van der Waals surface area contributed by atoms with Crippen molar-refractivity contribution in [1.29, 1.82) is 0 Å². The van der Waals surface area contributed by atoms with Gasteiger partial charge in [0.15, 0.2) is 5.06 Å². The van der Waals surface area contributed by atoms with Crippen molar-refractivity contribution >= 4 is 34.5 Å². The van der Waals surface area contributed by atoms with E-state index in [4.69, 9.17) is 9.47 Å². The number of nitro benzene ring substituents is 1. The molecule has 0 N–H and O–H groups in total. The molecule has 2 aliphatic heterocycles. The first-order valence-electron chi connectivity index (χ1n) is 13.1. The van der Waals surface area contributed by atoms with Crippen LogP contribution in [-0.2, 0) is 11.3 Å². The van der Waals surface area contributed by atoms with E-state index in [-0.39, 0.29) is 11.5 Å². The Morgan fingerprint density at radius 1 is 1.13 bits per heavy atom. The van der Waals surface area contributed by atoms with Crippen LogP contribution in [-0.4, -0.2) is 61.9 Å². The number of benzene rings is 2. The number of rotatable bonds is 8. The number of nitrogens with zero attached hydrogens (tertiary/aromatic N) is 4. The van der Waals surface area contributed by atoms with Gasteiger partial charge in [0, 0.05) is 51.4 Å². The molecule has 204 valence electrons. The second-order valence-electron chi connectivity index (χ2n) is 10.3. The summed E-state index contributed by atoms with van der Waals surface area (Å²) in [7, 11) is 0. The number of likely N-dealkylation sites (tertiary alicyclic amines) is 1. The van der Waals surface area contributed by atoms with Gasteiger partial charge in [0.1, 0.15) is 5.82 Å². The van der Waals surface area contributed by atoms with Crippen LogP contribution in [0.2, 0.25) is 0 Å². The van der Waals surface area contributed by atoms with E-state index >= 15 is 4.39 Å². The van der Waals surface area contributed by atoms with Gasteiger partial charge in [-0.1, -0.05) is 12.1 Å². The Kier molecular flexibility index (Phi) is 7.20. The molecule has 3 heterocycles. The number of non-ortho nitro benzene ring substituents is 1. The quantitative estimate of drug-likeness (QED) is 0.287. The third kappa shape index (κ3) is 5.61. The Bertz CT molecular complexity index is 1320. The summed E-state index contributed by atoms with van der Waals surface area (Å²) in [6.07, 6.45) is -0.510. The standard InChI is InChI=1S/C28H29FN4O5S/c29-25-14-21(7-8-26(25)31-9-11-37-12-10-31)32(28(34)38-27-2-1-13-39-27)18-24-22-16-30(17-23(22)24)15-19-3-5-20(6-4-19)33(35)36/h1-8,13-14,22-24H,9-12,15-18H2. The highest BCUT2D eigenvalue weighted by molar-refractivity contribution is 7.11. The minimum absolute atomic E-state index is 0.0898. The van der Waals surface area contributed by atoms with Crippen LogP contribution < -0.4 is 14.5 Å². The minimum atomic E-state index is -0.510. The molecule has 3 fully saturated rings. The Morgan fingerprint density at radius 3 is 2.51 bits per heavy atom. The summed E-state index contributed by atoms with van der Waals surface area (Å²) in [5.41, 5.74) is 2.13. The summed E-state index contributed by atoms with van der Waals surface area (Å²) < 4.78 is 26.3. The second kappa shape index (κ2) is 10.9. The van der Waals surface area contributed by atoms with Gasteiger partial charge in [-0.05, 0) is 59.0 Å². The van der Waals surface area contributed by atoms with Crippen molar-refractivity contribution in [2.24, 2.45) is 17.8 Å². The lowest BCUT2D eigenvalue weighted by atomic mass is 10.1. The van der Waals surface area contributed by atoms with Gasteiger partial charge >= 0.3 is 6.09 Å². The molecule has 2 aromatic carbocycles. The fourth-order valence-electron chi connectivity index (χ4n) is 5.80. The van der Waals surface area contributed by atoms with Gasteiger partial charge in [-0.2, -0.15) is 0 Å². The van der Waals surface area contributed by atoms with Crippen molar-refractivity contribution in [3.63, 3.8) is 0 Å². The van der Waals surface area contributed by atoms with Gasteiger partial charge in [-0.15, -0.1) is 11.3 Å². The number of ether oxygens (including phenoxy) is 2. The van der Waals surface area contributed by atoms with E-state index in [1.165, 1.54) is 29.5 Å². The summed E-state index contributed by atoms with van der Waals surface area (Å²) in [5.74, 6) is 0.819. The number of amides is 1. The number of morpholine rings is 1. The number of anilines is 2. The van der Waals surface area contributed by atoms with E-state index in [0.29, 0.717) is 67.0 Å². The molecule has 11 heteroatoms. The molecule has 2 atom stereocenters. The normalized spacial score (nSPS) is 22.4. The van der Waals surface area contributed by atoms with Gasteiger partial charge in [-0.3, -0.25) is 19.9 Å². The van der Waals surface area contributed by atoms with Crippen molar-refractivity contribution < 1.29 is 23.6 Å². The Labute approximate surface area is 229 Å². The highest BCUT2D eigenvalue weighted by atomic mass is 32.1. The first kappa shape index (κ1) is 25.7. The van der Waals surface area contributed by atoms with Crippen LogP contribution in [0, 0.1) is 33.7 Å². The molecule has 0 bridgehead atoms. The van der Waals surface area contributed by atoms with Crippen molar-refractivity contribution in [3.05, 3.63) is 81.5 Å². The number of fused-ring (bicyclic) bond motifs is 1. The first-order valence-corrected chi connectivity index (χ1v) is 13.9. The zero-order valence-corrected chi connectivity index (χ0v) is 22.1. The zero-order valence-electron chi connectivity index (χ0n) is 21.3. The zero-order chi connectivity index (χ0) is 26.9. The summed E-state index contributed by atoms with van der Waals surface area (Å²) in [6, 6.07) is 15.2. The van der Waals surface area contributed by atoms with E-state index < -0.39 is 11.0 Å². The monoisotopic (exact) mass is 552 g/mol. The highest BCUT2D eigenvalue weighted by Crippen LogP contribution is 2.52. The number of thiophene rings is 1. The molecule has 39 heavy (non-hydrogen) atoms. The number of carbonyl (C=O) groups is 1. The summed E-state index contributed by atoms with van der Waals surface area (Å²) in [5, 5.41) is 13.3. The molecule has 1 saturated carbocycles. The molecular formula is C28H29FN4O5S. The fraction of sp³-hybridized carbons (Fsp3) is 0.393. The van der Waals surface area contributed by atoms with Crippen LogP contribution in [0.15, 0.2) is 60.0 Å². The number of halogens is 1. The molecule has 0 radical (unpaired) electrons. The minimum Gasteiger partial charge on any atom is -0.399 e. The molecule has 9 nitrogen and oxygen atoms in total. The fourth-order valence-corrected chi connectivity index (χ4v) is 6.37. The van der Waals surface area contributed by atoms with Crippen LogP contribution in [0.1, 0.15) is 5.56 Å². The van der Waals surface area contributed by atoms with Crippen LogP contribution in [0.5, 0.6) is 5.06 Å². The summed E-state index contributed by atoms with van der Waals surface area (Å²) in [6.45, 7) is 5.36. The maximum atomic E-state index is 15.2. The molecule has 3 aromatic rings. The smallest absolute Gasteiger partial charge is 0.399 e. The van der Waals surface area contributed by atoms with Crippen LogP contribution in [0.4, 0.5) is 26.2 Å². The molecule has 0 spiro atoms. The van der Waals surface area contributed by atoms with E-state index in [0.717, 1.165) is 25.2 Å². The van der Waals surface area contributed by atoms with E-state index in [1.54, 1.807) is 35.2 Å². The molecular weight excluding hydrogens is 523 g/mol. The van der Waals surface area contributed by atoms with Gasteiger partial charge < -0.3 is 14.4 Å². The lowest BCUT2D eigenvalue weighted by molar-refractivity contribution is -0.384. The van der Waals surface area contributed by atoms with Crippen LogP contribution in [0.3, 0.4) is 0 Å². The molecule has 1 aliphatic carbocycles. The van der Waals surface area contributed by atoms with E-state index in [1.807, 2.05) is 16.3 Å². The average Bonchev–Trinajstić information content (AvgIpc) is 3.28. The van der Waals surface area contributed by atoms with Crippen molar-refractivity contribution in [3.8, 4) is 5.06 Å². The van der Waals surface area contributed by atoms with E-state index in [9.17, 15) is 14.9 Å². The SMILES string of the molecule is O=C(Oc1cccs1)N(CC1C2CN(Cc3ccc([N+](=O)[O-])cc3)CC21)c1ccc(N2CCOCC2)c(F)c1. The molecule has 1 amide bonds. The third-order valence-electron chi connectivity index (χ3n) is 7.89. The summed E-state index contributed by atoms with van der Waals surface area (Å²) in [4.78, 5) is 29.7. The van der Waals surface area contributed by atoms with E-state index in [2.05, 4.69) is 4.90 Å². The van der Waals surface area contributed by atoms with Crippen molar-refractivity contribution in [1.82, 2.24) is 4.90 Å². The van der Waals surface area contributed by atoms with Gasteiger partial charge in [-0.25, -0.2) is 9.18 Å². The maximum Gasteiger partial charge on any atom is 0.420 e. The third-order valence-corrected chi connectivity index (χ3v) is 8.64. The van der Waals surface area contributed by atoms with Crippen LogP contribution in [0.25, 0.3) is 0 Å². The number of hydrogen-bond donors (Lipinski definition) is 0. The Morgan fingerprint density at radius 2 is 1.87 bits per heavy atom. The van der Waals surface area contributed by atoms with Gasteiger partial charge in [0.05, 0.1) is 29.5 Å². The molecule has 1 aromatic heterocycles. The predicted molar refractivity (Wildman–Crippen MR) is 146 cm³/mol. The lowest BCUT2D eigenvalue weighted by Gasteiger charge is -2.30. The predicted octanol–water partition coefficient (Wildman–Crippen LogP) is 5.02. The Balaban J connectivity index is 1.13. The largest absolute Gasteiger partial charge is 0.420 e. The van der Waals surface area contributed by atoms with Gasteiger partial charge in [0.2, 0.25) is 0 Å². The first-order chi connectivity index (χ1) is 19.0. The maximum absolute atomic E-state index is 15.2. The topological polar surface area (TPSA) is 88.4 Å². The van der Waals surface area contributed by atoms with Gasteiger partial charge in [0.25, 0.3) is 5.69 Å². The second-order valence-corrected chi connectivity index (χ2v) is 11.2. The number of nitro groups is 1. The van der Waals surface area contributed by atoms with Crippen molar-refractivity contribution in [2.45, 2.75) is 6.54 Å². The Hall–Kier alpha value is -3.54. The molecule has 3 aliphatic rings. The highest BCUT2D eigenvalue weighted by Gasteiger charge is 2.56. The number of carbonyl (C=O) groups excluding carboxylic acids is 1. The number of hydrogen-bond acceptors (Lipinski definition) is 8. The summed E-state index contributed by atoms with van der Waals surface area (Å²) >= 11 is 1.34. The average molecular weight is 553 g/mol. The molecule has 2 unspecified atom stereocenters. The van der Waals surface area contributed by atoms with Crippen molar-refractivity contribution in [2.75, 3.05) is 55.7 Å². The molecule has 6 rings (SSSR count). The van der Waals surface area contributed by atoms with Crippen LogP contribution >= 0.6 is 11.3 Å². The number of piperidine rings is 1.